The summed E-state index contributed by atoms with van der Waals surface area (Å²) in [5, 5.41) is 15.1. The van der Waals surface area contributed by atoms with Crippen molar-refractivity contribution in [3.63, 3.8) is 0 Å². The number of nitrogens with one attached hydrogen (secondary N) is 1. The first-order valence-electron chi connectivity index (χ1n) is 7.88. The van der Waals surface area contributed by atoms with Gasteiger partial charge in [0.2, 0.25) is 5.91 Å². The van der Waals surface area contributed by atoms with Crippen LogP contribution in [0.3, 0.4) is 0 Å². The minimum absolute atomic E-state index is 0.237. The molecule has 0 radical (unpaired) electrons. The molecule has 0 saturated heterocycles. The fraction of sp³-hybridized carbons (Fsp3) is 0.118. The van der Waals surface area contributed by atoms with E-state index in [2.05, 4.69) is 20.7 Å². The first-order chi connectivity index (χ1) is 12.7. The van der Waals surface area contributed by atoms with E-state index in [9.17, 15) is 9.59 Å². The third-order valence-corrected chi connectivity index (χ3v) is 3.79. The molecule has 0 unspecified atom stereocenters. The fourth-order valence-corrected chi connectivity index (χ4v) is 2.52. The van der Waals surface area contributed by atoms with Gasteiger partial charge in [0.15, 0.2) is 5.65 Å². The molecule has 3 heterocycles. The Hall–Kier alpha value is -3.75. The van der Waals surface area contributed by atoms with Gasteiger partial charge < -0.3 is 9.73 Å². The summed E-state index contributed by atoms with van der Waals surface area (Å²) >= 11 is 0. The molecule has 0 aliphatic carbocycles. The van der Waals surface area contributed by atoms with Crippen LogP contribution in [0.4, 0.5) is 0 Å². The van der Waals surface area contributed by atoms with Crippen LogP contribution in [-0.4, -0.2) is 30.7 Å². The number of rotatable bonds is 5. The largest absolute Gasteiger partial charge is 0.467 e. The Morgan fingerprint density at radius 2 is 2.00 bits per heavy atom. The van der Waals surface area contributed by atoms with E-state index >= 15 is 0 Å². The van der Waals surface area contributed by atoms with Crippen molar-refractivity contribution in [2.45, 2.75) is 13.1 Å². The topological polar surface area (TPSA) is 108 Å². The number of carbonyl (C=O) groups excluding carboxylic acids is 1. The van der Waals surface area contributed by atoms with Crippen molar-refractivity contribution in [2.75, 3.05) is 0 Å². The predicted molar refractivity (Wildman–Crippen MR) is 91.5 cm³/mol. The summed E-state index contributed by atoms with van der Waals surface area (Å²) in [7, 11) is 0. The highest BCUT2D eigenvalue weighted by Crippen LogP contribution is 2.12. The molecular weight excluding hydrogens is 336 g/mol. The van der Waals surface area contributed by atoms with E-state index < -0.39 is 5.56 Å². The monoisotopic (exact) mass is 350 g/mol. The van der Waals surface area contributed by atoms with E-state index in [0.717, 1.165) is 10.4 Å². The Balaban J connectivity index is 1.56. The van der Waals surface area contributed by atoms with E-state index in [-0.39, 0.29) is 19.0 Å². The molecule has 1 amide bonds. The molecule has 1 aromatic carbocycles. The van der Waals surface area contributed by atoms with Crippen LogP contribution in [0.5, 0.6) is 0 Å². The Bertz CT molecular complexity index is 1100. The third kappa shape index (κ3) is 2.97. The summed E-state index contributed by atoms with van der Waals surface area (Å²) < 4.78 is 7.68. The van der Waals surface area contributed by atoms with Crippen LogP contribution in [0.2, 0.25) is 0 Å². The number of fused-ring (bicyclic) bond motifs is 1. The molecule has 1 N–H and O–H groups in total. The van der Waals surface area contributed by atoms with Crippen LogP contribution < -0.4 is 10.9 Å². The van der Waals surface area contributed by atoms with Crippen LogP contribution in [0, 0.1) is 0 Å². The zero-order valence-corrected chi connectivity index (χ0v) is 13.6. The van der Waals surface area contributed by atoms with Gasteiger partial charge in [-0.1, -0.05) is 23.4 Å². The molecule has 0 bridgehead atoms. The average Bonchev–Trinajstić information content (AvgIpc) is 3.33. The number of aromatic nitrogens is 5. The van der Waals surface area contributed by atoms with Gasteiger partial charge in [-0.3, -0.25) is 9.59 Å². The molecule has 26 heavy (non-hydrogen) atoms. The van der Waals surface area contributed by atoms with Crippen LogP contribution in [0.15, 0.2) is 64.1 Å². The van der Waals surface area contributed by atoms with E-state index in [1.54, 1.807) is 12.1 Å². The second-order valence-electron chi connectivity index (χ2n) is 5.54. The molecular formula is C17H14N6O3. The standard InChI is InChI=1S/C17H14N6O3/c24-15(18-9-13-7-4-8-26-13)11-22-17(25)14-10-19-23(16(14)20-21-22)12-5-2-1-3-6-12/h1-8,10H,9,11H2,(H,18,24). The SMILES string of the molecule is O=C(Cn1nnc2c(cnn2-c2ccccc2)c1=O)NCc1ccco1. The number of nitrogens with zero attached hydrogens (tertiary/aromatic N) is 5. The fourth-order valence-electron chi connectivity index (χ4n) is 2.52. The van der Waals surface area contributed by atoms with Crippen LogP contribution in [-0.2, 0) is 17.9 Å². The highest BCUT2D eigenvalue weighted by atomic mass is 16.3. The maximum Gasteiger partial charge on any atom is 0.281 e. The van der Waals surface area contributed by atoms with Gasteiger partial charge >= 0.3 is 0 Å². The van der Waals surface area contributed by atoms with Crippen molar-refractivity contribution in [2.24, 2.45) is 0 Å². The number of hydrogen-bond donors (Lipinski definition) is 1. The Morgan fingerprint density at radius 3 is 2.77 bits per heavy atom. The van der Waals surface area contributed by atoms with Crippen molar-refractivity contribution >= 4 is 16.9 Å². The molecule has 0 aliphatic rings. The van der Waals surface area contributed by atoms with Crippen LogP contribution >= 0.6 is 0 Å². The van der Waals surface area contributed by atoms with Gasteiger partial charge in [0.05, 0.1) is 24.7 Å². The smallest absolute Gasteiger partial charge is 0.281 e. The number of para-hydroxylation sites is 1. The van der Waals surface area contributed by atoms with Gasteiger partial charge in [-0.2, -0.15) is 5.10 Å². The molecule has 4 rings (SSSR count). The molecule has 9 heteroatoms. The summed E-state index contributed by atoms with van der Waals surface area (Å²) in [4.78, 5) is 24.6. The average molecular weight is 350 g/mol. The molecule has 0 aliphatic heterocycles. The minimum Gasteiger partial charge on any atom is -0.467 e. The van der Waals surface area contributed by atoms with Crippen molar-refractivity contribution in [1.82, 2.24) is 30.1 Å². The van der Waals surface area contributed by atoms with Gasteiger partial charge in [-0.25, -0.2) is 9.36 Å². The normalized spacial score (nSPS) is 10.9. The van der Waals surface area contributed by atoms with Gasteiger partial charge in [-0.15, -0.1) is 5.10 Å². The van der Waals surface area contributed by atoms with Gasteiger partial charge in [0, 0.05) is 0 Å². The summed E-state index contributed by atoms with van der Waals surface area (Å²) in [5.41, 5.74) is 0.684. The quantitative estimate of drug-likeness (QED) is 0.573. The Kier molecular flexibility index (Phi) is 4.02. The van der Waals surface area contributed by atoms with Crippen molar-refractivity contribution in [1.29, 1.82) is 0 Å². The maximum atomic E-state index is 12.6. The number of benzene rings is 1. The van der Waals surface area contributed by atoms with E-state index in [1.165, 1.54) is 17.1 Å². The van der Waals surface area contributed by atoms with Crippen LogP contribution in [0.25, 0.3) is 16.7 Å². The summed E-state index contributed by atoms with van der Waals surface area (Å²) in [6.07, 6.45) is 2.95. The molecule has 0 saturated carbocycles. The van der Waals surface area contributed by atoms with Crippen molar-refractivity contribution in [3.8, 4) is 5.69 Å². The lowest BCUT2D eigenvalue weighted by Gasteiger charge is -2.05. The van der Waals surface area contributed by atoms with Crippen molar-refractivity contribution in [3.05, 3.63) is 71.0 Å². The van der Waals surface area contributed by atoms with Crippen LogP contribution in [0.1, 0.15) is 5.76 Å². The van der Waals surface area contributed by atoms with E-state index in [4.69, 9.17) is 4.42 Å². The molecule has 130 valence electrons. The first kappa shape index (κ1) is 15.8. The third-order valence-electron chi connectivity index (χ3n) is 3.79. The minimum atomic E-state index is -0.426. The highest BCUT2D eigenvalue weighted by Gasteiger charge is 2.14. The predicted octanol–water partition coefficient (Wildman–Crippen LogP) is 0.887. The van der Waals surface area contributed by atoms with E-state index in [0.29, 0.717) is 16.8 Å². The second-order valence-corrected chi connectivity index (χ2v) is 5.54. The maximum absolute atomic E-state index is 12.6. The molecule has 3 aromatic heterocycles. The molecule has 4 aromatic rings. The van der Waals surface area contributed by atoms with Gasteiger partial charge in [0.1, 0.15) is 17.7 Å². The second kappa shape index (κ2) is 6.63. The number of carbonyl (C=O) groups is 1. The van der Waals surface area contributed by atoms with Gasteiger partial charge in [0.25, 0.3) is 5.56 Å². The molecule has 0 atom stereocenters. The lowest BCUT2D eigenvalue weighted by atomic mass is 10.3. The van der Waals surface area contributed by atoms with Gasteiger partial charge in [-0.05, 0) is 24.3 Å². The zero-order chi connectivity index (χ0) is 17.9. The molecule has 0 spiro atoms. The van der Waals surface area contributed by atoms with Crippen molar-refractivity contribution < 1.29 is 9.21 Å². The summed E-state index contributed by atoms with van der Waals surface area (Å²) in [6, 6.07) is 12.8. The lowest BCUT2D eigenvalue weighted by molar-refractivity contribution is -0.122. The Labute approximate surface area is 146 Å². The molecule has 9 nitrogen and oxygen atoms in total. The number of hydrogen-bond acceptors (Lipinski definition) is 6. The highest BCUT2D eigenvalue weighted by molar-refractivity contribution is 5.77. The number of amides is 1. The lowest BCUT2D eigenvalue weighted by Crippen LogP contribution is -2.33. The summed E-state index contributed by atoms with van der Waals surface area (Å²) in [5.74, 6) is 0.254. The zero-order valence-electron chi connectivity index (χ0n) is 13.6. The van der Waals surface area contributed by atoms with E-state index in [1.807, 2.05) is 30.3 Å². The summed E-state index contributed by atoms with van der Waals surface area (Å²) in [6.45, 7) is 0.00119. The first-order valence-corrected chi connectivity index (χ1v) is 7.88. The Morgan fingerprint density at radius 1 is 1.15 bits per heavy atom. The number of furan rings is 1. The molecule has 0 fully saturated rings.